The van der Waals surface area contributed by atoms with Gasteiger partial charge in [0.1, 0.15) is 17.9 Å². The first-order valence-electron chi connectivity index (χ1n) is 11.0. The van der Waals surface area contributed by atoms with Gasteiger partial charge in [-0.05, 0) is 49.4 Å². The number of aliphatic hydroxyl groups excluding tert-OH is 1. The SMILES string of the molecule is Cc1cn(-c2cc(NC(=O)Nc3ccc(Oc4cc(NCCO)ncn4)cc3)cc(C(F)(F)F)c2)cn1. The summed E-state index contributed by atoms with van der Waals surface area (Å²) >= 11 is 0. The average Bonchev–Trinajstić information content (AvgIpc) is 3.30. The van der Waals surface area contributed by atoms with Crippen molar-refractivity contribution < 1.29 is 27.8 Å². The normalized spacial score (nSPS) is 11.2. The van der Waals surface area contributed by atoms with Gasteiger partial charge in [0.25, 0.3) is 0 Å². The molecule has 0 aliphatic rings. The molecule has 0 spiro atoms. The number of aromatic nitrogens is 4. The molecule has 0 radical (unpaired) electrons. The van der Waals surface area contributed by atoms with Gasteiger partial charge in [0, 0.05) is 35.9 Å². The fourth-order valence-electron chi connectivity index (χ4n) is 3.25. The highest BCUT2D eigenvalue weighted by Gasteiger charge is 2.31. The molecule has 0 bridgehead atoms. The van der Waals surface area contributed by atoms with Gasteiger partial charge in [0.15, 0.2) is 0 Å². The second-order valence-corrected chi connectivity index (χ2v) is 7.79. The van der Waals surface area contributed by atoms with Crippen LogP contribution in [0.1, 0.15) is 11.3 Å². The molecule has 37 heavy (non-hydrogen) atoms. The molecular weight excluding hydrogens is 491 g/mol. The number of halogens is 3. The number of hydrogen-bond donors (Lipinski definition) is 4. The standard InChI is InChI=1S/C24H22F3N7O3/c1-15-12-34(14-31-15)19-9-16(24(25,26)27)8-18(10-19)33-23(36)32-17-2-4-20(5-3-17)37-22-11-21(28-6-7-35)29-13-30-22/h2-5,8-14,35H,6-7H2,1H3,(H,28,29,30)(H2,32,33,36). The number of hydrogen-bond acceptors (Lipinski definition) is 7. The van der Waals surface area contributed by atoms with E-state index in [0.29, 0.717) is 29.5 Å². The summed E-state index contributed by atoms with van der Waals surface area (Å²) in [4.78, 5) is 24.6. The van der Waals surface area contributed by atoms with Gasteiger partial charge < -0.3 is 30.4 Å². The molecule has 0 unspecified atom stereocenters. The Kier molecular flexibility index (Phi) is 7.53. The number of urea groups is 1. The maximum Gasteiger partial charge on any atom is 0.416 e. The van der Waals surface area contributed by atoms with Crippen molar-refractivity contribution in [3.8, 4) is 17.3 Å². The highest BCUT2D eigenvalue weighted by Crippen LogP contribution is 2.33. The van der Waals surface area contributed by atoms with Crippen molar-refractivity contribution in [1.82, 2.24) is 19.5 Å². The van der Waals surface area contributed by atoms with Crippen molar-refractivity contribution in [2.45, 2.75) is 13.1 Å². The van der Waals surface area contributed by atoms with Crippen LogP contribution in [0.2, 0.25) is 0 Å². The summed E-state index contributed by atoms with van der Waals surface area (Å²) in [6.07, 6.45) is -0.320. The van der Waals surface area contributed by atoms with Crippen molar-refractivity contribution in [2.75, 3.05) is 29.1 Å². The lowest BCUT2D eigenvalue weighted by Gasteiger charge is -2.14. The van der Waals surface area contributed by atoms with Crippen LogP contribution in [-0.4, -0.2) is 43.8 Å². The molecule has 4 rings (SSSR count). The molecular formula is C24H22F3N7O3. The Morgan fingerprint density at radius 1 is 1.03 bits per heavy atom. The monoisotopic (exact) mass is 513 g/mol. The van der Waals surface area contributed by atoms with E-state index in [1.165, 1.54) is 23.3 Å². The Morgan fingerprint density at radius 2 is 1.78 bits per heavy atom. The summed E-state index contributed by atoms with van der Waals surface area (Å²) in [5, 5.41) is 16.8. The molecule has 4 N–H and O–H groups in total. The Balaban J connectivity index is 1.42. The summed E-state index contributed by atoms with van der Waals surface area (Å²) in [5.41, 5.74) is 0.271. The number of ether oxygens (including phenoxy) is 1. The second kappa shape index (κ2) is 11.0. The Labute approximate surface area is 209 Å². The van der Waals surface area contributed by atoms with Crippen molar-refractivity contribution in [1.29, 1.82) is 0 Å². The van der Waals surface area contributed by atoms with Gasteiger partial charge >= 0.3 is 12.2 Å². The fourth-order valence-corrected chi connectivity index (χ4v) is 3.25. The summed E-state index contributed by atoms with van der Waals surface area (Å²) in [5.74, 6) is 1.17. The predicted molar refractivity (Wildman–Crippen MR) is 130 cm³/mol. The van der Waals surface area contributed by atoms with E-state index in [2.05, 4.69) is 30.9 Å². The van der Waals surface area contributed by atoms with Crippen LogP contribution in [0.4, 0.5) is 35.2 Å². The molecule has 2 amide bonds. The minimum absolute atomic E-state index is 0.0389. The first kappa shape index (κ1) is 25.4. The smallest absolute Gasteiger partial charge is 0.416 e. The minimum Gasteiger partial charge on any atom is -0.439 e. The molecule has 10 nitrogen and oxygen atoms in total. The third-order valence-electron chi connectivity index (χ3n) is 4.91. The highest BCUT2D eigenvalue weighted by molar-refractivity contribution is 6.00. The van der Waals surface area contributed by atoms with Crippen LogP contribution < -0.4 is 20.7 Å². The van der Waals surface area contributed by atoms with E-state index in [1.807, 2.05) is 0 Å². The summed E-state index contributed by atoms with van der Waals surface area (Å²) in [6, 6.07) is 10.4. The number of nitrogens with one attached hydrogen (secondary N) is 3. The van der Waals surface area contributed by atoms with Gasteiger partial charge in [-0.2, -0.15) is 13.2 Å². The molecule has 0 fully saturated rings. The van der Waals surface area contributed by atoms with E-state index < -0.39 is 17.8 Å². The Morgan fingerprint density at radius 3 is 2.46 bits per heavy atom. The fraction of sp³-hybridized carbons (Fsp3) is 0.167. The van der Waals surface area contributed by atoms with E-state index in [1.54, 1.807) is 43.5 Å². The summed E-state index contributed by atoms with van der Waals surface area (Å²) < 4.78 is 47.4. The van der Waals surface area contributed by atoms with Gasteiger partial charge in [0.2, 0.25) is 5.88 Å². The number of carbonyl (C=O) groups is 1. The van der Waals surface area contributed by atoms with Gasteiger partial charge in [-0.1, -0.05) is 0 Å². The van der Waals surface area contributed by atoms with Crippen molar-refractivity contribution in [2.24, 2.45) is 0 Å². The summed E-state index contributed by atoms with van der Waals surface area (Å²) in [6.45, 7) is 1.99. The predicted octanol–water partition coefficient (Wildman–Crippen LogP) is 4.83. The number of rotatable bonds is 8. The largest absolute Gasteiger partial charge is 0.439 e. The number of anilines is 3. The topological polar surface area (TPSA) is 126 Å². The zero-order valence-electron chi connectivity index (χ0n) is 19.5. The number of benzene rings is 2. The lowest BCUT2D eigenvalue weighted by molar-refractivity contribution is -0.137. The number of aryl methyl sites for hydroxylation is 1. The van der Waals surface area contributed by atoms with Crippen LogP contribution in [0.3, 0.4) is 0 Å². The van der Waals surface area contributed by atoms with E-state index in [9.17, 15) is 18.0 Å². The molecule has 4 aromatic rings. The maximum atomic E-state index is 13.4. The van der Waals surface area contributed by atoms with Crippen molar-refractivity contribution in [3.63, 3.8) is 0 Å². The number of alkyl halides is 3. The van der Waals surface area contributed by atoms with Gasteiger partial charge in [-0.3, -0.25) is 0 Å². The third-order valence-corrected chi connectivity index (χ3v) is 4.91. The number of imidazole rings is 1. The van der Waals surface area contributed by atoms with Crippen LogP contribution in [0.15, 0.2) is 67.4 Å². The summed E-state index contributed by atoms with van der Waals surface area (Å²) in [7, 11) is 0. The van der Waals surface area contributed by atoms with Crippen molar-refractivity contribution in [3.05, 3.63) is 78.6 Å². The highest BCUT2D eigenvalue weighted by atomic mass is 19.4. The maximum absolute atomic E-state index is 13.4. The molecule has 192 valence electrons. The molecule has 13 heteroatoms. The quantitative estimate of drug-likeness (QED) is 0.266. The Bertz CT molecular complexity index is 1370. The number of carbonyl (C=O) groups excluding carboxylic acids is 1. The first-order chi connectivity index (χ1) is 17.7. The van der Waals surface area contributed by atoms with Crippen LogP contribution in [0, 0.1) is 6.92 Å². The lowest BCUT2D eigenvalue weighted by atomic mass is 10.1. The first-order valence-corrected chi connectivity index (χ1v) is 11.0. The molecule has 0 saturated heterocycles. The van der Waals surface area contributed by atoms with Crippen LogP contribution in [-0.2, 0) is 6.18 Å². The van der Waals surface area contributed by atoms with E-state index in [4.69, 9.17) is 9.84 Å². The Hall–Kier alpha value is -4.65. The molecule has 0 aliphatic heterocycles. The van der Waals surface area contributed by atoms with Crippen LogP contribution in [0.25, 0.3) is 5.69 Å². The van der Waals surface area contributed by atoms with E-state index in [0.717, 1.165) is 12.1 Å². The lowest BCUT2D eigenvalue weighted by Crippen LogP contribution is -2.20. The van der Waals surface area contributed by atoms with Gasteiger partial charge in [-0.15, -0.1) is 0 Å². The zero-order valence-corrected chi connectivity index (χ0v) is 19.5. The average molecular weight is 513 g/mol. The third kappa shape index (κ3) is 6.95. The van der Waals surface area contributed by atoms with Crippen molar-refractivity contribution >= 4 is 23.2 Å². The van der Waals surface area contributed by atoms with Gasteiger partial charge in [0.05, 0.1) is 24.2 Å². The molecule has 2 aromatic heterocycles. The molecule has 2 heterocycles. The minimum atomic E-state index is -4.60. The van der Waals surface area contributed by atoms with Crippen LogP contribution in [0.5, 0.6) is 11.6 Å². The number of aliphatic hydroxyl groups is 1. The van der Waals surface area contributed by atoms with E-state index in [-0.39, 0.29) is 23.9 Å². The molecule has 2 aromatic carbocycles. The zero-order chi connectivity index (χ0) is 26.4. The van der Waals surface area contributed by atoms with E-state index >= 15 is 0 Å². The van der Waals surface area contributed by atoms with Gasteiger partial charge in [-0.25, -0.2) is 19.7 Å². The second-order valence-electron chi connectivity index (χ2n) is 7.79. The number of nitrogens with zero attached hydrogens (tertiary/aromatic N) is 4. The van der Waals surface area contributed by atoms with Crippen LogP contribution >= 0.6 is 0 Å². The molecule has 0 atom stereocenters. The molecule has 0 saturated carbocycles. The molecule has 0 aliphatic carbocycles. The number of amides is 2.